The maximum Gasteiger partial charge on any atom is 0.282 e. The number of benzene rings is 3. The summed E-state index contributed by atoms with van der Waals surface area (Å²) < 4.78 is 5.71. The number of hydrogen-bond acceptors (Lipinski definition) is 4. The van der Waals surface area contributed by atoms with Gasteiger partial charge in [0.25, 0.3) is 11.8 Å². The third-order valence-corrected chi connectivity index (χ3v) is 5.33. The summed E-state index contributed by atoms with van der Waals surface area (Å²) in [7, 11) is 0. The van der Waals surface area contributed by atoms with Crippen molar-refractivity contribution in [3.05, 3.63) is 95.2 Å². The van der Waals surface area contributed by atoms with Gasteiger partial charge in [0.1, 0.15) is 11.4 Å². The molecule has 32 heavy (non-hydrogen) atoms. The minimum atomic E-state index is -0.388. The van der Waals surface area contributed by atoms with E-state index in [0.717, 1.165) is 28.8 Å². The van der Waals surface area contributed by atoms with Gasteiger partial charge >= 0.3 is 0 Å². The molecular weight excluding hydrogens is 400 g/mol. The van der Waals surface area contributed by atoms with Crippen LogP contribution in [0.1, 0.15) is 30.0 Å². The highest BCUT2D eigenvalue weighted by Crippen LogP contribution is 2.36. The van der Waals surface area contributed by atoms with Crippen molar-refractivity contribution in [2.45, 2.75) is 27.2 Å². The molecule has 0 saturated heterocycles. The van der Waals surface area contributed by atoms with E-state index >= 15 is 0 Å². The van der Waals surface area contributed by atoms with Crippen LogP contribution < -0.4 is 15.0 Å². The number of carbonyl (C=O) groups excluding carboxylic acids is 2. The first-order chi connectivity index (χ1) is 15.5. The van der Waals surface area contributed by atoms with Crippen molar-refractivity contribution in [1.29, 1.82) is 0 Å². The fourth-order valence-corrected chi connectivity index (χ4v) is 3.82. The average Bonchev–Trinajstić information content (AvgIpc) is 3.03. The Morgan fingerprint density at radius 3 is 2.38 bits per heavy atom. The molecule has 4 rings (SSSR count). The summed E-state index contributed by atoms with van der Waals surface area (Å²) in [4.78, 5) is 28.4. The highest BCUT2D eigenvalue weighted by Gasteiger charge is 2.40. The first-order valence-electron chi connectivity index (χ1n) is 10.7. The van der Waals surface area contributed by atoms with Gasteiger partial charge in [-0.15, -0.1) is 0 Å². The molecule has 0 bridgehead atoms. The summed E-state index contributed by atoms with van der Waals surface area (Å²) in [5.41, 5.74) is 4.65. The van der Waals surface area contributed by atoms with Gasteiger partial charge in [0.2, 0.25) is 0 Å². The van der Waals surface area contributed by atoms with E-state index in [1.165, 1.54) is 4.90 Å². The molecule has 5 heteroatoms. The van der Waals surface area contributed by atoms with Gasteiger partial charge in [0.15, 0.2) is 0 Å². The van der Waals surface area contributed by atoms with Gasteiger partial charge < -0.3 is 10.1 Å². The fourth-order valence-electron chi connectivity index (χ4n) is 3.82. The molecule has 1 aliphatic heterocycles. The zero-order valence-corrected chi connectivity index (χ0v) is 18.5. The molecule has 0 fully saturated rings. The monoisotopic (exact) mass is 426 g/mol. The topological polar surface area (TPSA) is 58.6 Å². The number of carbonyl (C=O) groups is 2. The number of nitrogens with zero attached hydrogens (tertiary/aromatic N) is 1. The van der Waals surface area contributed by atoms with E-state index in [1.54, 1.807) is 18.2 Å². The molecule has 162 valence electrons. The van der Waals surface area contributed by atoms with E-state index in [4.69, 9.17) is 4.74 Å². The lowest BCUT2D eigenvalue weighted by molar-refractivity contribution is -0.120. The van der Waals surface area contributed by atoms with E-state index in [9.17, 15) is 9.59 Å². The Morgan fingerprint density at radius 1 is 0.875 bits per heavy atom. The molecule has 0 radical (unpaired) electrons. The van der Waals surface area contributed by atoms with Crippen LogP contribution in [0.3, 0.4) is 0 Å². The first-order valence-corrected chi connectivity index (χ1v) is 10.7. The number of anilines is 2. The molecule has 0 aromatic heterocycles. The van der Waals surface area contributed by atoms with Crippen molar-refractivity contribution in [1.82, 2.24) is 0 Å². The van der Waals surface area contributed by atoms with Crippen molar-refractivity contribution in [2.75, 3.05) is 16.8 Å². The predicted molar refractivity (Wildman–Crippen MR) is 128 cm³/mol. The third kappa shape index (κ3) is 4.14. The number of para-hydroxylation sites is 1. The zero-order chi connectivity index (χ0) is 22.7. The van der Waals surface area contributed by atoms with Gasteiger partial charge in [-0.3, -0.25) is 9.59 Å². The molecule has 0 spiro atoms. The lowest BCUT2D eigenvalue weighted by Crippen LogP contribution is -2.32. The van der Waals surface area contributed by atoms with E-state index in [1.807, 2.05) is 75.4 Å². The van der Waals surface area contributed by atoms with Crippen LogP contribution >= 0.6 is 0 Å². The molecule has 2 amide bonds. The van der Waals surface area contributed by atoms with Gasteiger partial charge in [-0.2, -0.15) is 0 Å². The highest BCUT2D eigenvalue weighted by atomic mass is 16.5. The minimum absolute atomic E-state index is 0.271. The van der Waals surface area contributed by atoms with Crippen LogP contribution in [-0.4, -0.2) is 18.4 Å². The van der Waals surface area contributed by atoms with E-state index in [0.29, 0.717) is 23.6 Å². The molecule has 0 atom stereocenters. The van der Waals surface area contributed by atoms with Crippen molar-refractivity contribution >= 4 is 28.8 Å². The SMILES string of the molecule is CCCOc1cccc(N2C(=O)C(Nc3ccccc3)=C(c3ccc(C)cc3C)C2=O)c1. The predicted octanol–water partition coefficient (Wildman–Crippen LogP) is 5.49. The normalized spacial score (nSPS) is 13.7. The second-order valence-corrected chi connectivity index (χ2v) is 7.85. The van der Waals surface area contributed by atoms with E-state index in [-0.39, 0.29) is 17.5 Å². The van der Waals surface area contributed by atoms with Crippen LogP contribution in [0, 0.1) is 13.8 Å². The zero-order valence-electron chi connectivity index (χ0n) is 18.5. The second-order valence-electron chi connectivity index (χ2n) is 7.85. The Morgan fingerprint density at radius 2 is 1.66 bits per heavy atom. The summed E-state index contributed by atoms with van der Waals surface area (Å²) >= 11 is 0. The second kappa shape index (κ2) is 9.10. The van der Waals surface area contributed by atoms with Crippen LogP contribution in [0.15, 0.2) is 78.5 Å². The van der Waals surface area contributed by atoms with Crippen LogP contribution in [-0.2, 0) is 9.59 Å². The standard InChI is InChI=1S/C27H26N2O3/c1-4-15-32-22-12-8-11-21(17-22)29-26(30)24(23-14-13-18(2)16-19(23)3)25(27(29)31)28-20-9-6-5-7-10-20/h5-14,16-17,28H,4,15H2,1-3H3. The Hall–Kier alpha value is -3.86. The third-order valence-electron chi connectivity index (χ3n) is 5.33. The number of imide groups is 1. The summed E-state index contributed by atoms with van der Waals surface area (Å²) in [6.07, 6.45) is 0.870. The summed E-state index contributed by atoms with van der Waals surface area (Å²) in [6.45, 7) is 6.55. The molecule has 3 aromatic rings. The van der Waals surface area contributed by atoms with Gasteiger partial charge in [-0.1, -0.05) is 55.0 Å². The van der Waals surface area contributed by atoms with Gasteiger partial charge in [0.05, 0.1) is 17.9 Å². The van der Waals surface area contributed by atoms with Crippen LogP contribution in [0.4, 0.5) is 11.4 Å². The Balaban J connectivity index is 1.80. The highest BCUT2D eigenvalue weighted by molar-refractivity contribution is 6.46. The summed E-state index contributed by atoms with van der Waals surface area (Å²) in [6, 6.07) is 22.4. The summed E-state index contributed by atoms with van der Waals surface area (Å²) in [5, 5.41) is 3.20. The molecule has 0 aliphatic carbocycles. The molecule has 0 unspecified atom stereocenters. The maximum absolute atomic E-state index is 13.6. The average molecular weight is 427 g/mol. The lowest BCUT2D eigenvalue weighted by Gasteiger charge is -2.17. The Bertz CT molecular complexity index is 1200. The Labute approximate surface area is 188 Å². The number of hydrogen-bond donors (Lipinski definition) is 1. The summed E-state index contributed by atoms with van der Waals surface area (Å²) in [5.74, 6) is -0.114. The number of ether oxygens (including phenoxy) is 1. The molecule has 0 saturated carbocycles. The van der Waals surface area contributed by atoms with Gasteiger partial charge in [-0.05, 0) is 55.7 Å². The van der Waals surface area contributed by atoms with Crippen LogP contribution in [0.5, 0.6) is 5.75 Å². The Kier molecular flexibility index (Phi) is 6.08. The molecule has 1 N–H and O–H groups in total. The van der Waals surface area contributed by atoms with E-state index < -0.39 is 0 Å². The van der Waals surface area contributed by atoms with Crippen molar-refractivity contribution in [3.8, 4) is 5.75 Å². The smallest absolute Gasteiger partial charge is 0.282 e. The van der Waals surface area contributed by atoms with Crippen LogP contribution in [0.2, 0.25) is 0 Å². The van der Waals surface area contributed by atoms with Crippen LogP contribution in [0.25, 0.3) is 5.57 Å². The quantitative estimate of drug-likeness (QED) is 0.508. The van der Waals surface area contributed by atoms with Gasteiger partial charge in [-0.25, -0.2) is 4.90 Å². The molecule has 3 aromatic carbocycles. The van der Waals surface area contributed by atoms with Crippen molar-refractivity contribution in [3.63, 3.8) is 0 Å². The number of rotatable bonds is 7. The van der Waals surface area contributed by atoms with Gasteiger partial charge in [0, 0.05) is 11.8 Å². The molecule has 1 heterocycles. The van der Waals surface area contributed by atoms with Crippen molar-refractivity contribution < 1.29 is 14.3 Å². The maximum atomic E-state index is 13.6. The molecule has 5 nitrogen and oxygen atoms in total. The minimum Gasteiger partial charge on any atom is -0.494 e. The lowest BCUT2D eigenvalue weighted by atomic mass is 9.97. The number of nitrogens with one attached hydrogen (secondary N) is 1. The van der Waals surface area contributed by atoms with Crippen molar-refractivity contribution in [2.24, 2.45) is 0 Å². The largest absolute Gasteiger partial charge is 0.494 e. The fraction of sp³-hybridized carbons (Fsp3) is 0.185. The van der Waals surface area contributed by atoms with E-state index in [2.05, 4.69) is 5.32 Å². The molecule has 1 aliphatic rings. The first kappa shape index (κ1) is 21.4. The molecular formula is C27H26N2O3. The number of amides is 2. The number of aryl methyl sites for hydroxylation is 2.